The summed E-state index contributed by atoms with van der Waals surface area (Å²) >= 11 is 0. The van der Waals surface area contributed by atoms with Gasteiger partial charge in [0.25, 0.3) is 0 Å². The zero-order valence-corrected chi connectivity index (χ0v) is 10.6. The molecule has 1 unspecified atom stereocenters. The first-order valence-corrected chi connectivity index (χ1v) is 6.45. The van der Waals surface area contributed by atoms with Gasteiger partial charge in [0.15, 0.2) is 6.23 Å². The van der Waals surface area contributed by atoms with Crippen molar-refractivity contribution in [1.29, 1.82) is 0 Å². The van der Waals surface area contributed by atoms with E-state index in [2.05, 4.69) is 23.3 Å². The fourth-order valence-electron chi connectivity index (χ4n) is 2.51. The van der Waals surface area contributed by atoms with Crippen LogP contribution in [0.5, 0.6) is 0 Å². The van der Waals surface area contributed by atoms with Gasteiger partial charge in [-0.05, 0) is 37.0 Å². The van der Waals surface area contributed by atoms with Crippen molar-refractivity contribution in [2.75, 3.05) is 13.7 Å². The molecule has 1 aromatic heterocycles. The molecule has 4 nitrogen and oxygen atoms in total. The van der Waals surface area contributed by atoms with Crippen LogP contribution in [-0.4, -0.2) is 23.5 Å². The number of rotatable bonds is 3. The summed E-state index contributed by atoms with van der Waals surface area (Å²) in [5, 5.41) is 5.62. The topological polar surface area (TPSA) is 36.3 Å². The average Bonchev–Trinajstić information content (AvgIpc) is 2.83. The summed E-state index contributed by atoms with van der Waals surface area (Å²) in [4.78, 5) is 0. The van der Waals surface area contributed by atoms with Gasteiger partial charge in [-0.25, -0.2) is 4.68 Å². The van der Waals surface area contributed by atoms with E-state index in [1.165, 1.54) is 12.0 Å². The van der Waals surface area contributed by atoms with Crippen LogP contribution >= 0.6 is 0 Å². The van der Waals surface area contributed by atoms with Crippen LogP contribution in [0.15, 0.2) is 24.4 Å². The number of fused-ring (bicyclic) bond motifs is 1. The standard InChI is InChI=1S/C14H18N2O2/c1-17-10-11-5-6-13-12(8-11)9-15-16(13)14-4-2-3-7-18-14/h5-6,8-9,14H,2-4,7,10H2,1H3. The van der Waals surface area contributed by atoms with E-state index in [-0.39, 0.29) is 6.23 Å². The summed E-state index contributed by atoms with van der Waals surface area (Å²) < 4.78 is 12.9. The van der Waals surface area contributed by atoms with Crippen LogP contribution in [0.2, 0.25) is 0 Å². The Hall–Kier alpha value is -1.39. The third kappa shape index (κ3) is 2.13. The Morgan fingerprint density at radius 2 is 2.39 bits per heavy atom. The maximum atomic E-state index is 5.78. The van der Waals surface area contributed by atoms with E-state index in [0.29, 0.717) is 6.61 Å². The molecule has 0 N–H and O–H groups in total. The maximum absolute atomic E-state index is 5.78. The van der Waals surface area contributed by atoms with Crippen molar-refractivity contribution >= 4 is 10.9 Å². The maximum Gasteiger partial charge on any atom is 0.150 e. The molecule has 2 aromatic rings. The van der Waals surface area contributed by atoms with Gasteiger partial charge in [-0.1, -0.05) is 6.07 Å². The molecule has 1 fully saturated rings. The number of benzene rings is 1. The molecule has 1 aliphatic heterocycles. The Bertz CT molecular complexity index is 530. The lowest BCUT2D eigenvalue weighted by Crippen LogP contribution is -2.18. The van der Waals surface area contributed by atoms with Crippen LogP contribution in [0.1, 0.15) is 31.1 Å². The van der Waals surface area contributed by atoms with Crippen molar-refractivity contribution in [3.8, 4) is 0 Å². The quantitative estimate of drug-likeness (QED) is 0.835. The van der Waals surface area contributed by atoms with Gasteiger partial charge in [0.05, 0.1) is 18.3 Å². The van der Waals surface area contributed by atoms with Crippen LogP contribution in [0.25, 0.3) is 10.9 Å². The highest BCUT2D eigenvalue weighted by molar-refractivity contribution is 5.79. The number of ether oxygens (including phenoxy) is 2. The predicted octanol–water partition coefficient (Wildman–Crippen LogP) is 2.88. The van der Waals surface area contributed by atoms with Crippen molar-refractivity contribution < 1.29 is 9.47 Å². The largest absolute Gasteiger partial charge is 0.380 e. The summed E-state index contributed by atoms with van der Waals surface area (Å²) in [5.41, 5.74) is 2.32. The predicted molar refractivity (Wildman–Crippen MR) is 69.3 cm³/mol. The monoisotopic (exact) mass is 246 g/mol. The molecule has 1 atom stereocenters. The number of aromatic nitrogens is 2. The van der Waals surface area contributed by atoms with E-state index in [1.807, 2.05) is 10.9 Å². The molecule has 4 heteroatoms. The zero-order valence-electron chi connectivity index (χ0n) is 10.6. The number of nitrogens with zero attached hydrogens (tertiary/aromatic N) is 2. The molecule has 0 amide bonds. The van der Waals surface area contributed by atoms with E-state index in [4.69, 9.17) is 9.47 Å². The minimum absolute atomic E-state index is 0.101. The molecule has 18 heavy (non-hydrogen) atoms. The van der Waals surface area contributed by atoms with Crippen LogP contribution in [0.4, 0.5) is 0 Å². The molecular weight excluding hydrogens is 228 g/mol. The fraction of sp³-hybridized carbons (Fsp3) is 0.500. The fourth-order valence-corrected chi connectivity index (χ4v) is 2.51. The first-order chi connectivity index (χ1) is 8.88. The highest BCUT2D eigenvalue weighted by Gasteiger charge is 2.18. The highest BCUT2D eigenvalue weighted by atomic mass is 16.5. The molecule has 96 valence electrons. The van der Waals surface area contributed by atoms with E-state index < -0.39 is 0 Å². The van der Waals surface area contributed by atoms with E-state index in [9.17, 15) is 0 Å². The minimum Gasteiger partial charge on any atom is -0.380 e. The van der Waals surface area contributed by atoms with Crippen LogP contribution in [0.3, 0.4) is 0 Å². The molecular formula is C14H18N2O2. The molecule has 1 aliphatic rings. The molecule has 0 spiro atoms. The number of hydrogen-bond acceptors (Lipinski definition) is 3. The van der Waals surface area contributed by atoms with E-state index in [0.717, 1.165) is 30.4 Å². The Kier molecular flexibility index (Phi) is 3.30. The zero-order chi connectivity index (χ0) is 12.4. The number of hydrogen-bond donors (Lipinski definition) is 0. The lowest BCUT2D eigenvalue weighted by atomic mass is 10.1. The van der Waals surface area contributed by atoms with Gasteiger partial charge >= 0.3 is 0 Å². The second-order valence-electron chi connectivity index (χ2n) is 4.74. The molecule has 1 aromatic carbocycles. The van der Waals surface area contributed by atoms with E-state index in [1.54, 1.807) is 7.11 Å². The Balaban J connectivity index is 1.93. The molecule has 1 saturated heterocycles. The Morgan fingerprint density at radius 1 is 1.44 bits per heavy atom. The second kappa shape index (κ2) is 5.08. The lowest BCUT2D eigenvalue weighted by Gasteiger charge is -2.23. The summed E-state index contributed by atoms with van der Waals surface area (Å²) in [5.74, 6) is 0. The third-order valence-corrected chi connectivity index (χ3v) is 3.40. The normalized spacial score (nSPS) is 20.4. The third-order valence-electron chi connectivity index (χ3n) is 3.40. The minimum atomic E-state index is 0.101. The van der Waals surface area contributed by atoms with Gasteiger partial charge in [-0.15, -0.1) is 0 Å². The smallest absolute Gasteiger partial charge is 0.150 e. The van der Waals surface area contributed by atoms with Gasteiger partial charge in [0.1, 0.15) is 0 Å². The molecule has 0 aliphatic carbocycles. The summed E-state index contributed by atoms with van der Waals surface area (Å²) in [7, 11) is 1.71. The SMILES string of the molecule is COCc1ccc2c(cnn2C2CCCCO2)c1. The van der Waals surface area contributed by atoms with Gasteiger partial charge in [-0.2, -0.15) is 5.10 Å². The molecule has 3 rings (SSSR count). The first kappa shape index (κ1) is 11.7. The highest BCUT2D eigenvalue weighted by Crippen LogP contribution is 2.26. The molecule has 0 saturated carbocycles. The van der Waals surface area contributed by atoms with Gasteiger partial charge in [-0.3, -0.25) is 0 Å². The Morgan fingerprint density at radius 3 is 3.17 bits per heavy atom. The molecule has 0 radical (unpaired) electrons. The van der Waals surface area contributed by atoms with E-state index >= 15 is 0 Å². The van der Waals surface area contributed by atoms with Gasteiger partial charge < -0.3 is 9.47 Å². The van der Waals surface area contributed by atoms with Crippen LogP contribution < -0.4 is 0 Å². The van der Waals surface area contributed by atoms with Crippen LogP contribution in [-0.2, 0) is 16.1 Å². The van der Waals surface area contributed by atoms with Crippen molar-refractivity contribution in [3.05, 3.63) is 30.0 Å². The first-order valence-electron chi connectivity index (χ1n) is 6.45. The number of methoxy groups -OCH3 is 1. The van der Waals surface area contributed by atoms with Gasteiger partial charge in [0, 0.05) is 19.1 Å². The lowest BCUT2D eigenvalue weighted by molar-refractivity contribution is -0.0366. The van der Waals surface area contributed by atoms with Gasteiger partial charge in [0.2, 0.25) is 0 Å². The van der Waals surface area contributed by atoms with Crippen LogP contribution in [0, 0.1) is 0 Å². The molecule has 2 heterocycles. The molecule has 0 bridgehead atoms. The summed E-state index contributed by atoms with van der Waals surface area (Å²) in [6.07, 6.45) is 5.44. The van der Waals surface area contributed by atoms with Crippen molar-refractivity contribution in [2.24, 2.45) is 0 Å². The summed E-state index contributed by atoms with van der Waals surface area (Å²) in [6.45, 7) is 1.48. The Labute approximate surface area is 106 Å². The van der Waals surface area contributed by atoms with Crippen molar-refractivity contribution in [2.45, 2.75) is 32.1 Å². The average molecular weight is 246 g/mol. The van der Waals surface area contributed by atoms with Crippen molar-refractivity contribution in [1.82, 2.24) is 9.78 Å². The van der Waals surface area contributed by atoms with Crippen molar-refractivity contribution in [3.63, 3.8) is 0 Å². The summed E-state index contributed by atoms with van der Waals surface area (Å²) in [6, 6.07) is 6.33. The second-order valence-corrected chi connectivity index (χ2v) is 4.74.